The molecule has 0 spiro atoms. The molecule has 2 heteroatoms. The standard InChI is InChI=1S/C18H22N2/c1-17(2,13-20-18(3,4)12-19)16-10-9-14-7-5-6-8-15(14)11-16/h5-11,20H,13H2,1-4H3. The Morgan fingerprint density at radius 3 is 2.30 bits per heavy atom. The Labute approximate surface area is 121 Å². The van der Waals surface area contributed by atoms with Crippen LogP contribution < -0.4 is 5.32 Å². The van der Waals surface area contributed by atoms with E-state index in [0.29, 0.717) is 0 Å². The van der Waals surface area contributed by atoms with E-state index in [9.17, 15) is 0 Å². The summed E-state index contributed by atoms with van der Waals surface area (Å²) in [4.78, 5) is 0. The van der Waals surface area contributed by atoms with Crippen LogP contribution in [0.5, 0.6) is 0 Å². The molecule has 2 aromatic rings. The highest BCUT2D eigenvalue weighted by atomic mass is 15.0. The molecule has 0 aliphatic carbocycles. The Bertz CT molecular complexity index is 648. The van der Waals surface area contributed by atoms with Gasteiger partial charge in [0.2, 0.25) is 0 Å². The second kappa shape index (κ2) is 5.26. The Hall–Kier alpha value is -1.85. The van der Waals surface area contributed by atoms with Crippen molar-refractivity contribution < 1.29 is 0 Å². The highest BCUT2D eigenvalue weighted by molar-refractivity contribution is 5.83. The average molecular weight is 266 g/mol. The summed E-state index contributed by atoms with van der Waals surface area (Å²) >= 11 is 0. The normalized spacial score (nSPS) is 12.3. The molecule has 0 unspecified atom stereocenters. The van der Waals surface area contributed by atoms with E-state index in [1.54, 1.807) is 0 Å². The second-order valence-electron chi connectivity index (χ2n) is 6.54. The summed E-state index contributed by atoms with van der Waals surface area (Å²) < 4.78 is 0. The fraction of sp³-hybridized carbons (Fsp3) is 0.389. The average Bonchev–Trinajstić information content (AvgIpc) is 2.45. The second-order valence-corrected chi connectivity index (χ2v) is 6.54. The van der Waals surface area contributed by atoms with E-state index in [4.69, 9.17) is 5.26 Å². The number of fused-ring (bicyclic) bond motifs is 1. The van der Waals surface area contributed by atoms with Crippen LogP contribution >= 0.6 is 0 Å². The molecule has 0 amide bonds. The quantitative estimate of drug-likeness (QED) is 0.907. The summed E-state index contributed by atoms with van der Waals surface area (Å²) in [7, 11) is 0. The van der Waals surface area contributed by atoms with E-state index in [1.807, 2.05) is 13.8 Å². The third kappa shape index (κ3) is 3.18. The van der Waals surface area contributed by atoms with Gasteiger partial charge in [-0.3, -0.25) is 5.32 Å². The fourth-order valence-electron chi connectivity index (χ4n) is 2.19. The molecule has 0 bridgehead atoms. The zero-order valence-corrected chi connectivity index (χ0v) is 12.7. The number of rotatable bonds is 4. The molecule has 0 aliphatic heterocycles. The van der Waals surface area contributed by atoms with Crippen molar-refractivity contribution in [2.45, 2.75) is 38.6 Å². The van der Waals surface area contributed by atoms with E-state index in [0.717, 1.165) is 6.54 Å². The largest absolute Gasteiger partial charge is 0.299 e. The van der Waals surface area contributed by atoms with Crippen LogP contribution in [-0.2, 0) is 5.41 Å². The summed E-state index contributed by atoms with van der Waals surface area (Å²) in [6.07, 6.45) is 0. The zero-order valence-electron chi connectivity index (χ0n) is 12.7. The lowest BCUT2D eigenvalue weighted by Crippen LogP contribution is -2.44. The lowest BCUT2D eigenvalue weighted by atomic mass is 9.83. The topological polar surface area (TPSA) is 35.8 Å². The van der Waals surface area contributed by atoms with Crippen molar-refractivity contribution in [1.82, 2.24) is 5.32 Å². The molecular formula is C18H22N2. The molecule has 2 rings (SSSR count). The summed E-state index contributed by atoms with van der Waals surface area (Å²) in [5, 5.41) is 14.9. The fourth-order valence-corrected chi connectivity index (χ4v) is 2.19. The van der Waals surface area contributed by atoms with Crippen molar-refractivity contribution in [2.24, 2.45) is 0 Å². The molecule has 0 aliphatic rings. The molecule has 20 heavy (non-hydrogen) atoms. The van der Waals surface area contributed by atoms with Crippen LogP contribution in [0.15, 0.2) is 42.5 Å². The molecule has 0 atom stereocenters. The lowest BCUT2D eigenvalue weighted by Gasteiger charge is -2.30. The van der Waals surface area contributed by atoms with Crippen molar-refractivity contribution >= 4 is 10.8 Å². The number of nitriles is 1. The predicted molar refractivity (Wildman–Crippen MR) is 84.7 cm³/mol. The first-order valence-corrected chi connectivity index (χ1v) is 7.00. The Morgan fingerprint density at radius 2 is 1.65 bits per heavy atom. The first-order chi connectivity index (χ1) is 9.34. The minimum Gasteiger partial charge on any atom is -0.299 e. The van der Waals surface area contributed by atoms with Gasteiger partial charge in [-0.1, -0.05) is 56.3 Å². The van der Waals surface area contributed by atoms with Crippen LogP contribution in [0.1, 0.15) is 33.3 Å². The molecule has 2 aromatic carbocycles. The van der Waals surface area contributed by atoms with Gasteiger partial charge >= 0.3 is 0 Å². The van der Waals surface area contributed by atoms with E-state index >= 15 is 0 Å². The van der Waals surface area contributed by atoms with Crippen LogP contribution in [0.2, 0.25) is 0 Å². The minimum absolute atomic E-state index is 0.0157. The molecule has 0 heterocycles. The van der Waals surface area contributed by atoms with E-state index in [2.05, 4.69) is 67.7 Å². The van der Waals surface area contributed by atoms with Gasteiger partial charge in [0, 0.05) is 12.0 Å². The lowest BCUT2D eigenvalue weighted by molar-refractivity contribution is 0.397. The van der Waals surface area contributed by atoms with Crippen LogP contribution in [0.4, 0.5) is 0 Å². The maximum Gasteiger partial charge on any atom is 0.101 e. The number of hydrogen-bond acceptors (Lipinski definition) is 2. The molecule has 0 saturated heterocycles. The van der Waals surface area contributed by atoms with Gasteiger partial charge in [0.05, 0.1) is 6.07 Å². The van der Waals surface area contributed by atoms with Gasteiger partial charge in [-0.2, -0.15) is 5.26 Å². The highest BCUT2D eigenvalue weighted by Gasteiger charge is 2.25. The summed E-state index contributed by atoms with van der Waals surface area (Å²) in [5.74, 6) is 0. The van der Waals surface area contributed by atoms with Gasteiger partial charge in [-0.05, 0) is 30.2 Å². The molecule has 0 saturated carbocycles. The van der Waals surface area contributed by atoms with E-state index in [-0.39, 0.29) is 5.41 Å². The Morgan fingerprint density at radius 1 is 1.00 bits per heavy atom. The molecule has 1 N–H and O–H groups in total. The van der Waals surface area contributed by atoms with Gasteiger partial charge in [0.25, 0.3) is 0 Å². The van der Waals surface area contributed by atoms with Gasteiger partial charge in [0.1, 0.15) is 5.54 Å². The smallest absolute Gasteiger partial charge is 0.101 e. The molecule has 0 fully saturated rings. The monoisotopic (exact) mass is 266 g/mol. The third-order valence-electron chi connectivity index (χ3n) is 3.78. The molecule has 0 aromatic heterocycles. The first-order valence-electron chi connectivity index (χ1n) is 7.00. The minimum atomic E-state index is -0.492. The summed E-state index contributed by atoms with van der Waals surface area (Å²) in [6.45, 7) is 8.99. The first kappa shape index (κ1) is 14.6. The zero-order chi connectivity index (χ0) is 14.8. The maximum absolute atomic E-state index is 9.09. The number of hydrogen-bond donors (Lipinski definition) is 1. The van der Waals surface area contributed by atoms with Gasteiger partial charge in [-0.15, -0.1) is 0 Å². The van der Waals surface area contributed by atoms with Gasteiger partial charge < -0.3 is 0 Å². The van der Waals surface area contributed by atoms with Crippen LogP contribution in [0.25, 0.3) is 10.8 Å². The van der Waals surface area contributed by atoms with E-state index in [1.165, 1.54) is 16.3 Å². The van der Waals surface area contributed by atoms with E-state index < -0.39 is 5.54 Å². The summed E-state index contributed by atoms with van der Waals surface area (Å²) in [6, 6.07) is 17.3. The molecule has 104 valence electrons. The SMILES string of the molecule is CC(C)(C#N)NCC(C)(C)c1ccc2ccccc2c1. The van der Waals surface area contributed by atoms with Crippen molar-refractivity contribution in [3.63, 3.8) is 0 Å². The molecular weight excluding hydrogens is 244 g/mol. The predicted octanol–water partition coefficient (Wildman–Crippen LogP) is 4.01. The van der Waals surface area contributed by atoms with Crippen molar-refractivity contribution in [3.8, 4) is 6.07 Å². The number of benzene rings is 2. The van der Waals surface area contributed by atoms with Crippen LogP contribution in [-0.4, -0.2) is 12.1 Å². The molecule has 0 radical (unpaired) electrons. The number of nitrogens with zero attached hydrogens (tertiary/aromatic N) is 1. The molecule has 2 nitrogen and oxygen atoms in total. The van der Waals surface area contributed by atoms with Crippen molar-refractivity contribution in [2.75, 3.05) is 6.54 Å². The van der Waals surface area contributed by atoms with Crippen LogP contribution in [0.3, 0.4) is 0 Å². The maximum atomic E-state index is 9.09. The number of nitrogens with one attached hydrogen (secondary N) is 1. The Balaban J connectivity index is 2.25. The summed E-state index contributed by atoms with van der Waals surface area (Å²) in [5.41, 5.74) is 0.782. The van der Waals surface area contributed by atoms with Crippen molar-refractivity contribution in [3.05, 3.63) is 48.0 Å². The Kier molecular flexibility index (Phi) is 3.83. The third-order valence-corrected chi connectivity index (χ3v) is 3.78. The van der Waals surface area contributed by atoms with Gasteiger partial charge in [0.15, 0.2) is 0 Å². The highest BCUT2D eigenvalue weighted by Crippen LogP contribution is 2.26. The van der Waals surface area contributed by atoms with Gasteiger partial charge in [-0.25, -0.2) is 0 Å². The van der Waals surface area contributed by atoms with Crippen molar-refractivity contribution in [1.29, 1.82) is 5.26 Å². The van der Waals surface area contributed by atoms with Crippen LogP contribution in [0, 0.1) is 11.3 Å².